The summed E-state index contributed by atoms with van der Waals surface area (Å²) in [4.78, 5) is 12.0. The van der Waals surface area contributed by atoms with Gasteiger partial charge in [0.1, 0.15) is 5.69 Å². The maximum Gasteiger partial charge on any atom is 0.267 e. The number of hydrogen-bond donors (Lipinski definition) is 2. The molecule has 0 radical (unpaired) electrons. The SMILES string of the molecule is N#Cc1cccc(-c2cc(C(N)=O)n(-c3ccc([C@@H]4CCCNC4)cc3)n2)c1. The molecule has 0 bridgehead atoms. The van der Waals surface area contributed by atoms with Crippen molar-refractivity contribution in [2.24, 2.45) is 5.73 Å². The second kappa shape index (κ2) is 7.67. The van der Waals surface area contributed by atoms with Crippen LogP contribution in [0.15, 0.2) is 54.6 Å². The molecule has 2 heterocycles. The summed E-state index contributed by atoms with van der Waals surface area (Å²) in [6.45, 7) is 2.08. The molecule has 140 valence electrons. The lowest BCUT2D eigenvalue weighted by Crippen LogP contribution is -2.28. The molecule has 28 heavy (non-hydrogen) atoms. The van der Waals surface area contributed by atoms with Gasteiger partial charge in [0.05, 0.1) is 23.0 Å². The van der Waals surface area contributed by atoms with Gasteiger partial charge < -0.3 is 11.1 Å². The third-order valence-electron chi connectivity index (χ3n) is 5.16. The minimum Gasteiger partial charge on any atom is -0.364 e. The van der Waals surface area contributed by atoms with Crippen molar-refractivity contribution in [2.75, 3.05) is 13.1 Å². The van der Waals surface area contributed by atoms with Gasteiger partial charge in [-0.3, -0.25) is 4.79 Å². The number of nitriles is 1. The van der Waals surface area contributed by atoms with E-state index in [0.717, 1.165) is 24.3 Å². The zero-order valence-corrected chi connectivity index (χ0v) is 15.4. The topological polar surface area (TPSA) is 96.7 Å². The van der Waals surface area contributed by atoms with Crippen molar-refractivity contribution in [3.8, 4) is 23.0 Å². The summed E-state index contributed by atoms with van der Waals surface area (Å²) in [5, 5.41) is 17.1. The van der Waals surface area contributed by atoms with Crippen LogP contribution in [0.1, 0.15) is 40.4 Å². The Labute approximate surface area is 163 Å². The smallest absolute Gasteiger partial charge is 0.267 e. The normalized spacial score (nSPS) is 16.5. The molecule has 1 amide bonds. The molecule has 0 saturated carbocycles. The Morgan fingerprint density at radius 1 is 1.21 bits per heavy atom. The quantitative estimate of drug-likeness (QED) is 0.737. The molecule has 4 rings (SSSR count). The Balaban J connectivity index is 1.69. The zero-order chi connectivity index (χ0) is 19.5. The number of hydrogen-bond acceptors (Lipinski definition) is 4. The molecule has 0 unspecified atom stereocenters. The largest absolute Gasteiger partial charge is 0.364 e. The number of nitrogens with one attached hydrogen (secondary N) is 1. The van der Waals surface area contributed by atoms with E-state index < -0.39 is 5.91 Å². The van der Waals surface area contributed by atoms with Gasteiger partial charge in [-0.25, -0.2) is 4.68 Å². The van der Waals surface area contributed by atoms with Gasteiger partial charge in [0.25, 0.3) is 5.91 Å². The first-order valence-electron chi connectivity index (χ1n) is 9.37. The maximum absolute atomic E-state index is 12.0. The lowest BCUT2D eigenvalue weighted by molar-refractivity contribution is 0.0993. The van der Waals surface area contributed by atoms with Gasteiger partial charge >= 0.3 is 0 Å². The highest BCUT2D eigenvalue weighted by Crippen LogP contribution is 2.26. The van der Waals surface area contributed by atoms with Gasteiger partial charge in [-0.15, -0.1) is 0 Å². The van der Waals surface area contributed by atoms with E-state index in [1.54, 1.807) is 28.9 Å². The van der Waals surface area contributed by atoms with Crippen LogP contribution < -0.4 is 11.1 Å². The van der Waals surface area contributed by atoms with Gasteiger partial charge in [-0.1, -0.05) is 24.3 Å². The first-order valence-corrected chi connectivity index (χ1v) is 9.37. The van der Waals surface area contributed by atoms with Crippen molar-refractivity contribution < 1.29 is 4.79 Å². The number of nitrogens with zero attached hydrogens (tertiary/aromatic N) is 3. The van der Waals surface area contributed by atoms with E-state index in [1.807, 2.05) is 18.2 Å². The molecule has 1 saturated heterocycles. The number of aromatic nitrogens is 2. The summed E-state index contributed by atoms with van der Waals surface area (Å²) >= 11 is 0. The Kier molecular flexibility index (Phi) is 4.92. The van der Waals surface area contributed by atoms with Gasteiger partial charge in [0, 0.05) is 12.1 Å². The molecule has 3 N–H and O–H groups in total. The lowest BCUT2D eigenvalue weighted by Gasteiger charge is -2.23. The van der Waals surface area contributed by atoms with Gasteiger partial charge in [0.2, 0.25) is 0 Å². The second-order valence-electron chi connectivity index (χ2n) is 7.02. The molecule has 1 aromatic heterocycles. The first kappa shape index (κ1) is 18.0. The van der Waals surface area contributed by atoms with Crippen molar-refractivity contribution in [2.45, 2.75) is 18.8 Å². The average Bonchev–Trinajstić information content (AvgIpc) is 3.20. The van der Waals surface area contributed by atoms with Crippen molar-refractivity contribution in [1.82, 2.24) is 15.1 Å². The fourth-order valence-corrected chi connectivity index (χ4v) is 3.67. The number of carbonyl (C=O) groups is 1. The second-order valence-corrected chi connectivity index (χ2v) is 7.02. The molecule has 0 aliphatic carbocycles. The van der Waals surface area contributed by atoms with E-state index in [2.05, 4.69) is 28.6 Å². The summed E-state index contributed by atoms with van der Waals surface area (Å²) in [6, 6.07) is 19.0. The number of nitrogens with two attached hydrogens (primary N) is 1. The van der Waals surface area contributed by atoms with Crippen LogP contribution in [0.2, 0.25) is 0 Å². The summed E-state index contributed by atoms with van der Waals surface area (Å²) in [5.41, 5.74) is 9.87. The molecule has 1 aliphatic heterocycles. The van der Waals surface area contributed by atoms with E-state index in [0.29, 0.717) is 22.9 Å². The van der Waals surface area contributed by atoms with Crippen LogP contribution in [0.3, 0.4) is 0 Å². The van der Waals surface area contributed by atoms with Crippen LogP contribution in [-0.2, 0) is 0 Å². The van der Waals surface area contributed by atoms with E-state index in [-0.39, 0.29) is 0 Å². The molecule has 1 fully saturated rings. The van der Waals surface area contributed by atoms with Gasteiger partial charge in [-0.2, -0.15) is 10.4 Å². The monoisotopic (exact) mass is 371 g/mol. The van der Waals surface area contributed by atoms with Crippen molar-refractivity contribution in [3.05, 3.63) is 71.4 Å². The van der Waals surface area contributed by atoms with Crippen LogP contribution in [0.25, 0.3) is 16.9 Å². The predicted octanol–water partition coefficient (Wildman–Crippen LogP) is 2.98. The van der Waals surface area contributed by atoms with Crippen LogP contribution in [-0.4, -0.2) is 28.8 Å². The van der Waals surface area contributed by atoms with E-state index in [1.165, 1.54) is 18.4 Å². The summed E-state index contributed by atoms with van der Waals surface area (Å²) in [7, 11) is 0. The van der Waals surface area contributed by atoms with Crippen molar-refractivity contribution >= 4 is 5.91 Å². The Morgan fingerprint density at radius 3 is 2.71 bits per heavy atom. The average molecular weight is 371 g/mol. The summed E-state index contributed by atoms with van der Waals surface area (Å²) in [5.74, 6) is -0.0314. The number of rotatable bonds is 4. The lowest BCUT2D eigenvalue weighted by atomic mass is 9.92. The van der Waals surface area contributed by atoms with Gasteiger partial charge in [-0.05, 0) is 61.2 Å². The molecular formula is C22H21N5O. The number of amides is 1. The van der Waals surface area contributed by atoms with Crippen molar-refractivity contribution in [1.29, 1.82) is 5.26 Å². The Hall–Kier alpha value is -3.43. The number of primary amides is 1. The third kappa shape index (κ3) is 3.53. The molecule has 3 aromatic rings. The maximum atomic E-state index is 12.0. The van der Waals surface area contributed by atoms with Crippen LogP contribution >= 0.6 is 0 Å². The molecular weight excluding hydrogens is 350 g/mol. The molecule has 6 nitrogen and oxygen atoms in total. The van der Waals surface area contributed by atoms with E-state index >= 15 is 0 Å². The molecule has 1 aliphatic rings. The molecule has 1 atom stereocenters. The first-order chi connectivity index (χ1) is 13.7. The van der Waals surface area contributed by atoms with Crippen LogP contribution in [0.4, 0.5) is 0 Å². The molecule has 2 aromatic carbocycles. The summed E-state index contributed by atoms with van der Waals surface area (Å²) in [6.07, 6.45) is 2.36. The fraction of sp³-hybridized carbons (Fsp3) is 0.227. The third-order valence-corrected chi connectivity index (χ3v) is 5.16. The van der Waals surface area contributed by atoms with Crippen LogP contribution in [0.5, 0.6) is 0 Å². The number of piperidine rings is 1. The van der Waals surface area contributed by atoms with Crippen molar-refractivity contribution in [3.63, 3.8) is 0 Å². The molecule has 6 heteroatoms. The standard InChI is InChI=1S/C22H21N5O/c23-13-15-3-1-4-17(11-15)20-12-21(22(24)28)27(26-20)19-8-6-16(7-9-19)18-5-2-10-25-14-18/h1,3-4,6-9,11-12,18,25H,2,5,10,14H2,(H2,24,28)/t18-/m1/s1. The van der Waals surface area contributed by atoms with Gasteiger partial charge in [0.15, 0.2) is 0 Å². The highest BCUT2D eigenvalue weighted by Gasteiger charge is 2.18. The minimum absolute atomic E-state index is 0.310. The Bertz CT molecular complexity index is 1040. The predicted molar refractivity (Wildman–Crippen MR) is 107 cm³/mol. The Morgan fingerprint density at radius 2 is 2.04 bits per heavy atom. The van der Waals surface area contributed by atoms with E-state index in [9.17, 15) is 4.79 Å². The highest BCUT2D eigenvalue weighted by atomic mass is 16.1. The number of carbonyl (C=O) groups excluding carboxylic acids is 1. The zero-order valence-electron chi connectivity index (χ0n) is 15.4. The molecule has 0 spiro atoms. The van der Waals surface area contributed by atoms with E-state index in [4.69, 9.17) is 11.0 Å². The highest BCUT2D eigenvalue weighted by molar-refractivity contribution is 5.93. The minimum atomic E-state index is -0.546. The summed E-state index contributed by atoms with van der Waals surface area (Å²) < 4.78 is 1.57. The fourth-order valence-electron chi connectivity index (χ4n) is 3.67. The number of benzene rings is 2. The van der Waals surface area contributed by atoms with Crippen LogP contribution in [0, 0.1) is 11.3 Å².